The molecule has 1 N–H and O–H groups in total. The number of hydrogen-bond acceptors (Lipinski definition) is 2. The largest absolute Gasteiger partial charge is 0.495 e. The molecule has 0 bridgehead atoms. The normalized spacial score (nSPS) is 11.3. The number of ether oxygens (including phenoxy) is 1. The van der Waals surface area contributed by atoms with E-state index in [1.807, 2.05) is 23.7 Å². The van der Waals surface area contributed by atoms with Crippen LogP contribution in [0.1, 0.15) is 5.69 Å². The molecular formula is C13H12ClNO3. The summed E-state index contributed by atoms with van der Waals surface area (Å²) >= 11 is 6.06. The average molecular weight is 266 g/mol. The lowest BCUT2D eigenvalue weighted by Crippen LogP contribution is -1.92. The minimum atomic E-state index is -0.976. The summed E-state index contributed by atoms with van der Waals surface area (Å²) in [5.74, 6) is -0.376. The first-order valence-electron chi connectivity index (χ1n) is 5.27. The highest BCUT2D eigenvalue weighted by Gasteiger charge is 2.08. The summed E-state index contributed by atoms with van der Waals surface area (Å²) in [5.41, 5.74) is 1.71. The number of methoxy groups -OCH3 is 1. The number of benzene rings is 1. The van der Waals surface area contributed by atoms with E-state index in [-0.39, 0.29) is 0 Å². The predicted octanol–water partition coefficient (Wildman–Crippen LogP) is 2.94. The molecule has 4 nitrogen and oxygen atoms in total. The Morgan fingerprint density at radius 3 is 2.78 bits per heavy atom. The second-order valence-corrected chi connectivity index (χ2v) is 4.25. The van der Waals surface area contributed by atoms with Gasteiger partial charge in [0.25, 0.3) is 0 Å². The minimum Gasteiger partial charge on any atom is -0.495 e. The SMILES string of the molecule is COc1cc2cc(/C=C/C(=O)O)n(C)c2cc1Cl. The zero-order chi connectivity index (χ0) is 13.3. The maximum Gasteiger partial charge on any atom is 0.328 e. The molecule has 0 amide bonds. The Kier molecular flexibility index (Phi) is 3.30. The van der Waals surface area contributed by atoms with Crippen molar-refractivity contribution in [1.82, 2.24) is 4.57 Å². The first kappa shape index (κ1) is 12.5. The summed E-state index contributed by atoms with van der Waals surface area (Å²) < 4.78 is 7.02. The Balaban J connectivity index is 2.59. The first-order valence-corrected chi connectivity index (χ1v) is 5.64. The molecular weight excluding hydrogens is 254 g/mol. The van der Waals surface area contributed by atoms with Crippen LogP contribution in [-0.4, -0.2) is 22.8 Å². The Bertz CT molecular complexity index is 643. The molecule has 0 radical (unpaired) electrons. The lowest BCUT2D eigenvalue weighted by Gasteiger charge is -2.04. The predicted molar refractivity (Wildman–Crippen MR) is 71.2 cm³/mol. The number of nitrogens with zero attached hydrogens (tertiary/aromatic N) is 1. The number of rotatable bonds is 3. The molecule has 5 heteroatoms. The molecule has 0 aliphatic heterocycles. The Morgan fingerprint density at radius 1 is 1.44 bits per heavy atom. The first-order chi connectivity index (χ1) is 8.52. The van der Waals surface area contributed by atoms with Crippen molar-refractivity contribution in [2.45, 2.75) is 0 Å². The summed E-state index contributed by atoms with van der Waals surface area (Å²) in [7, 11) is 3.41. The zero-order valence-electron chi connectivity index (χ0n) is 9.98. The molecule has 0 spiro atoms. The van der Waals surface area contributed by atoms with E-state index in [2.05, 4.69) is 0 Å². The third kappa shape index (κ3) is 2.19. The maximum atomic E-state index is 10.5. The molecule has 18 heavy (non-hydrogen) atoms. The highest BCUT2D eigenvalue weighted by Crippen LogP contribution is 2.31. The van der Waals surface area contributed by atoms with Crippen molar-refractivity contribution in [2.24, 2.45) is 7.05 Å². The minimum absolute atomic E-state index is 0.528. The van der Waals surface area contributed by atoms with Crippen LogP contribution in [0.2, 0.25) is 5.02 Å². The average Bonchev–Trinajstić information content (AvgIpc) is 2.63. The fourth-order valence-electron chi connectivity index (χ4n) is 1.83. The van der Waals surface area contributed by atoms with Crippen molar-refractivity contribution >= 4 is 34.5 Å². The van der Waals surface area contributed by atoms with Gasteiger partial charge in [0.05, 0.1) is 12.1 Å². The molecule has 1 aromatic carbocycles. The van der Waals surface area contributed by atoms with E-state index >= 15 is 0 Å². The zero-order valence-corrected chi connectivity index (χ0v) is 10.7. The number of hydrogen-bond donors (Lipinski definition) is 1. The van der Waals surface area contributed by atoms with E-state index < -0.39 is 5.97 Å². The van der Waals surface area contributed by atoms with Crippen LogP contribution in [0.3, 0.4) is 0 Å². The topological polar surface area (TPSA) is 51.5 Å². The molecule has 0 aliphatic rings. The molecule has 2 aromatic rings. The van der Waals surface area contributed by atoms with Crippen LogP contribution in [0.15, 0.2) is 24.3 Å². The molecule has 2 rings (SSSR count). The third-order valence-electron chi connectivity index (χ3n) is 2.75. The second-order valence-electron chi connectivity index (χ2n) is 3.85. The van der Waals surface area contributed by atoms with Gasteiger partial charge >= 0.3 is 5.97 Å². The van der Waals surface area contributed by atoms with Gasteiger partial charge in [-0.25, -0.2) is 4.79 Å². The van der Waals surface area contributed by atoms with E-state index in [1.165, 1.54) is 0 Å². The van der Waals surface area contributed by atoms with Gasteiger partial charge in [0.15, 0.2) is 0 Å². The third-order valence-corrected chi connectivity index (χ3v) is 3.05. The van der Waals surface area contributed by atoms with Gasteiger partial charge in [0.2, 0.25) is 0 Å². The highest BCUT2D eigenvalue weighted by molar-refractivity contribution is 6.32. The van der Waals surface area contributed by atoms with Crippen LogP contribution in [-0.2, 0) is 11.8 Å². The lowest BCUT2D eigenvalue weighted by molar-refractivity contribution is -0.131. The number of aryl methyl sites for hydroxylation is 1. The van der Waals surface area contributed by atoms with E-state index in [1.54, 1.807) is 19.3 Å². The molecule has 0 aliphatic carbocycles. The highest BCUT2D eigenvalue weighted by atomic mass is 35.5. The van der Waals surface area contributed by atoms with E-state index in [9.17, 15) is 4.79 Å². The number of carboxylic acid groups (broad SMARTS) is 1. The quantitative estimate of drug-likeness (QED) is 0.868. The number of fused-ring (bicyclic) bond motifs is 1. The number of halogens is 1. The van der Waals surface area contributed by atoms with Gasteiger partial charge < -0.3 is 14.4 Å². The van der Waals surface area contributed by atoms with Crippen molar-refractivity contribution in [1.29, 1.82) is 0 Å². The van der Waals surface area contributed by atoms with E-state index in [0.717, 1.165) is 22.7 Å². The molecule has 1 aromatic heterocycles. The standard InChI is InChI=1S/C13H12ClNO3/c1-15-9(3-4-13(16)17)5-8-6-12(18-2)10(14)7-11(8)15/h3-7H,1-2H3,(H,16,17)/b4-3+. The fourth-order valence-corrected chi connectivity index (χ4v) is 2.07. The summed E-state index contributed by atoms with van der Waals surface area (Å²) in [6.45, 7) is 0. The van der Waals surface area contributed by atoms with Crippen molar-refractivity contribution in [2.75, 3.05) is 7.11 Å². The number of carbonyl (C=O) groups is 1. The second kappa shape index (κ2) is 4.74. The molecule has 0 fully saturated rings. The Labute approximate surface area is 109 Å². The van der Waals surface area contributed by atoms with Crippen LogP contribution in [0, 0.1) is 0 Å². The van der Waals surface area contributed by atoms with Crippen LogP contribution in [0.25, 0.3) is 17.0 Å². The van der Waals surface area contributed by atoms with Crippen LogP contribution in [0.4, 0.5) is 0 Å². The summed E-state index contributed by atoms with van der Waals surface area (Å²) in [5, 5.41) is 10.1. The van der Waals surface area contributed by atoms with Gasteiger partial charge in [-0.1, -0.05) is 11.6 Å². The number of aromatic nitrogens is 1. The summed E-state index contributed by atoms with van der Waals surface area (Å²) in [4.78, 5) is 10.5. The van der Waals surface area contributed by atoms with Gasteiger partial charge in [0, 0.05) is 29.7 Å². The molecule has 0 unspecified atom stereocenters. The van der Waals surface area contributed by atoms with E-state index in [0.29, 0.717) is 10.8 Å². The van der Waals surface area contributed by atoms with Crippen LogP contribution < -0.4 is 4.74 Å². The van der Waals surface area contributed by atoms with E-state index in [4.69, 9.17) is 21.4 Å². The van der Waals surface area contributed by atoms with Gasteiger partial charge in [-0.3, -0.25) is 0 Å². The van der Waals surface area contributed by atoms with Crippen LogP contribution in [0.5, 0.6) is 5.75 Å². The summed E-state index contributed by atoms with van der Waals surface area (Å²) in [6.07, 6.45) is 2.65. The number of carboxylic acids is 1. The van der Waals surface area contributed by atoms with Crippen molar-refractivity contribution in [3.63, 3.8) is 0 Å². The van der Waals surface area contributed by atoms with Crippen molar-refractivity contribution in [3.8, 4) is 5.75 Å². The maximum absolute atomic E-state index is 10.5. The summed E-state index contributed by atoms with van der Waals surface area (Å²) in [6, 6.07) is 5.51. The van der Waals surface area contributed by atoms with Crippen LogP contribution >= 0.6 is 11.6 Å². The van der Waals surface area contributed by atoms with Gasteiger partial charge in [0.1, 0.15) is 5.75 Å². The monoisotopic (exact) mass is 265 g/mol. The van der Waals surface area contributed by atoms with Crippen molar-refractivity contribution < 1.29 is 14.6 Å². The fraction of sp³-hybridized carbons (Fsp3) is 0.154. The van der Waals surface area contributed by atoms with Gasteiger partial charge in [-0.2, -0.15) is 0 Å². The Hall–Kier alpha value is -1.94. The lowest BCUT2D eigenvalue weighted by atomic mass is 10.2. The molecule has 94 valence electrons. The number of aliphatic carboxylic acids is 1. The Morgan fingerprint density at radius 2 is 2.17 bits per heavy atom. The smallest absolute Gasteiger partial charge is 0.328 e. The molecule has 0 atom stereocenters. The molecule has 0 saturated carbocycles. The molecule has 0 saturated heterocycles. The molecule has 1 heterocycles. The van der Waals surface area contributed by atoms with Gasteiger partial charge in [-0.05, 0) is 24.3 Å². The van der Waals surface area contributed by atoms with Crippen molar-refractivity contribution in [3.05, 3.63) is 35.0 Å². The van der Waals surface area contributed by atoms with Gasteiger partial charge in [-0.15, -0.1) is 0 Å².